The van der Waals surface area contributed by atoms with Gasteiger partial charge in [-0.2, -0.15) is 4.72 Å². The molecule has 0 saturated heterocycles. The van der Waals surface area contributed by atoms with Gasteiger partial charge in [-0.25, -0.2) is 26.4 Å². The molecule has 0 saturated carbocycles. The summed E-state index contributed by atoms with van der Waals surface area (Å²) in [5.41, 5.74) is 0.259. The molecule has 4 N–H and O–H groups in total. The smallest absolute Gasteiger partial charge is 0.242 e. The van der Waals surface area contributed by atoms with Crippen LogP contribution in [0.4, 0.5) is 10.1 Å². The van der Waals surface area contributed by atoms with Gasteiger partial charge in [0, 0.05) is 5.69 Å². The predicted molar refractivity (Wildman–Crippen MR) is 92.6 cm³/mol. The molecule has 0 aliphatic carbocycles. The molecular formula is C15H16FN3O5S2. The SMILES string of the molecule is C[C@H](NS(=O)(=O)c1ccc(F)cc1)C(=O)Nc1ccc(S(N)(=O)=O)cc1. The fraction of sp³-hybridized carbons (Fsp3) is 0.133. The van der Waals surface area contributed by atoms with E-state index >= 15 is 0 Å². The second-order valence-corrected chi connectivity index (χ2v) is 8.63. The van der Waals surface area contributed by atoms with Gasteiger partial charge in [0.1, 0.15) is 5.82 Å². The molecule has 2 aromatic carbocycles. The first-order valence-corrected chi connectivity index (χ1v) is 10.2. The zero-order valence-electron chi connectivity index (χ0n) is 13.5. The van der Waals surface area contributed by atoms with E-state index in [2.05, 4.69) is 10.0 Å². The van der Waals surface area contributed by atoms with Crippen LogP contribution in [0.2, 0.25) is 0 Å². The molecule has 2 rings (SSSR count). The van der Waals surface area contributed by atoms with Crippen molar-refractivity contribution in [2.24, 2.45) is 5.14 Å². The average Bonchev–Trinajstić information content (AvgIpc) is 2.54. The third-order valence-corrected chi connectivity index (χ3v) is 5.79. The third kappa shape index (κ3) is 5.08. The van der Waals surface area contributed by atoms with E-state index in [-0.39, 0.29) is 15.5 Å². The highest BCUT2D eigenvalue weighted by Gasteiger charge is 2.22. The number of nitrogens with two attached hydrogens (primary N) is 1. The van der Waals surface area contributed by atoms with Gasteiger partial charge in [-0.15, -0.1) is 0 Å². The van der Waals surface area contributed by atoms with Crippen molar-refractivity contribution in [3.8, 4) is 0 Å². The minimum Gasteiger partial charge on any atom is -0.325 e. The zero-order valence-corrected chi connectivity index (χ0v) is 15.1. The zero-order chi connectivity index (χ0) is 19.5. The Labute approximate surface area is 150 Å². The van der Waals surface area contributed by atoms with Crippen LogP contribution in [0, 0.1) is 5.82 Å². The number of nitrogens with one attached hydrogen (secondary N) is 2. The molecule has 0 radical (unpaired) electrons. The summed E-state index contributed by atoms with van der Waals surface area (Å²) in [6, 6.07) is 8.05. The van der Waals surface area contributed by atoms with Crippen LogP contribution < -0.4 is 15.2 Å². The van der Waals surface area contributed by atoms with Gasteiger partial charge in [-0.05, 0) is 55.5 Å². The summed E-state index contributed by atoms with van der Waals surface area (Å²) >= 11 is 0. The standard InChI is InChI=1S/C15H16FN3O5S2/c1-10(19-26(23,24)14-6-2-11(16)3-7-14)15(20)18-12-4-8-13(9-5-12)25(17,21)22/h2-10,19H,1H3,(H,18,20)(H2,17,21,22)/t10-/m0/s1. The van der Waals surface area contributed by atoms with Gasteiger partial charge in [0.15, 0.2) is 0 Å². The predicted octanol–water partition coefficient (Wildman–Crippen LogP) is 0.779. The third-order valence-electron chi connectivity index (χ3n) is 3.30. The number of primary sulfonamides is 1. The van der Waals surface area contributed by atoms with Crippen LogP contribution in [0.3, 0.4) is 0 Å². The highest BCUT2D eigenvalue weighted by molar-refractivity contribution is 7.89. The monoisotopic (exact) mass is 401 g/mol. The lowest BCUT2D eigenvalue weighted by Gasteiger charge is -2.14. The number of halogens is 1. The van der Waals surface area contributed by atoms with Gasteiger partial charge >= 0.3 is 0 Å². The van der Waals surface area contributed by atoms with Crippen molar-refractivity contribution in [3.05, 3.63) is 54.3 Å². The van der Waals surface area contributed by atoms with E-state index in [0.717, 1.165) is 24.3 Å². The molecule has 2 aromatic rings. The molecule has 11 heteroatoms. The van der Waals surface area contributed by atoms with Gasteiger partial charge in [-0.1, -0.05) is 0 Å². The summed E-state index contributed by atoms with van der Waals surface area (Å²) in [6.45, 7) is 1.33. The van der Waals surface area contributed by atoms with E-state index in [1.165, 1.54) is 31.2 Å². The quantitative estimate of drug-likeness (QED) is 0.657. The Balaban J connectivity index is 2.06. The largest absolute Gasteiger partial charge is 0.325 e. The fourth-order valence-electron chi connectivity index (χ4n) is 1.95. The molecule has 0 spiro atoms. The van der Waals surface area contributed by atoms with E-state index in [0.29, 0.717) is 0 Å². The maximum Gasteiger partial charge on any atom is 0.242 e. The summed E-state index contributed by atoms with van der Waals surface area (Å²) in [6.07, 6.45) is 0. The molecule has 0 fully saturated rings. The van der Waals surface area contributed by atoms with E-state index < -0.39 is 37.8 Å². The summed E-state index contributed by atoms with van der Waals surface area (Å²) in [5, 5.41) is 7.42. The number of carbonyl (C=O) groups excluding carboxylic acids is 1. The fourth-order valence-corrected chi connectivity index (χ4v) is 3.66. The number of sulfonamides is 2. The van der Waals surface area contributed by atoms with Gasteiger partial charge in [-0.3, -0.25) is 4.79 Å². The molecule has 26 heavy (non-hydrogen) atoms. The Kier molecular flexibility index (Phi) is 5.76. The topological polar surface area (TPSA) is 135 Å². The Morgan fingerprint density at radius 1 is 0.962 bits per heavy atom. The molecule has 0 unspecified atom stereocenters. The first-order chi connectivity index (χ1) is 12.0. The van der Waals surface area contributed by atoms with Crippen molar-refractivity contribution < 1.29 is 26.0 Å². The highest BCUT2D eigenvalue weighted by atomic mass is 32.2. The van der Waals surface area contributed by atoms with Crippen LogP contribution in [-0.4, -0.2) is 28.8 Å². The molecule has 0 heterocycles. The van der Waals surface area contributed by atoms with E-state index in [4.69, 9.17) is 5.14 Å². The van der Waals surface area contributed by atoms with Gasteiger partial charge in [0.2, 0.25) is 26.0 Å². The first-order valence-electron chi connectivity index (χ1n) is 7.21. The van der Waals surface area contributed by atoms with Crippen molar-refractivity contribution in [2.45, 2.75) is 22.8 Å². The Morgan fingerprint density at radius 3 is 1.96 bits per heavy atom. The van der Waals surface area contributed by atoms with Crippen LogP contribution >= 0.6 is 0 Å². The molecule has 1 atom stereocenters. The highest BCUT2D eigenvalue weighted by Crippen LogP contribution is 2.14. The van der Waals surface area contributed by atoms with E-state index in [9.17, 15) is 26.0 Å². The molecule has 8 nitrogen and oxygen atoms in total. The van der Waals surface area contributed by atoms with Crippen LogP contribution in [0.5, 0.6) is 0 Å². The maximum atomic E-state index is 12.9. The Hall–Kier alpha value is -2.34. The minimum absolute atomic E-state index is 0.124. The van der Waals surface area contributed by atoms with E-state index in [1.54, 1.807) is 0 Å². The maximum absolute atomic E-state index is 12.9. The van der Waals surface area contributed by atoms with Crippen molar-refractivity contribution in [2.75, 3.05) is 5.32 Å². The number of amides is 1. The van der Waals surface area contributed by atoms with E-state index in [1.807, 2.05) is 0 Å². The lowest BCUT2D eigenvalue weighted by atomic mass is 10.3. The van der Waals surface area contributed by atoms with Crippen molar-refractivity contribution in [1.29, 1.82) is 0 Å². The Bertz CT molecular complexity index is 1000. The number of hydrogen-bond acceptors (Lipinski definition) is 5. The summed E-state index contributed by atoms with van der Waals surface area (Å²) in [5.74, 6) is -1.25. The van der Waals surface area contributed by atoms with Gasteiger partial charge in [0.05, 0.1) is 15.8 Å². The summed E-state index contributed by atoms with van der Waals surface area (Å²) in [7, 11) is -7.87. The van der Waals surface area contributed by atoms with Crippen molar-refractivity contribution in [1.82, 2.24) is 4.72 Å². The normalized spacial score (nSPS) is 13.2. The summed E-state index contributed by atoms with van der Waals surface area (Å²) < 4.78 is 61.8. The molecule has 0 aliphatic rings. The number of anilines is 1. The van der Waals surface area contributed by atoms with Crippen molar-refractivity contribution in [3.63, 3.8) is 0 Å². The number of rotatable bonds is 6. The molecule has 0 aromatic heterocycles. The first kappa shape index (κ1) is 20.0. The lowest BCUT2D eigenvalue weighted by Crippen LogP contribution is -2.41. The molecule has 0 bridgehead atoms. The lowest BCUT2D eigenvalue weighted by molar-refractivity contribution is -0.117. The van der Waals surface area contributed by atoms with Crippen molar-refractivity contribution >= 4 is 31.6 Å². The number of benzene rings is 2. The van der Waals surface area contributed by atoms with Crippen LogP contribution in [0.1, 0.15) is 6.92 Å². The molecule has 140 valence electrons. The molecule has 1 amide bonds. The molecule has 0 aliphatic heterocycles. The van der Waals surface area contributed by atoms with Gasteiger partial charge in [0.25, 0.3) is 0 Å². The second-order valence-electron chi connectivity index (χ2n) is 5.36. The van der Waals surface area contributed by atoms with Crippen LogP contribution in [-0.2, 0) is 24.8 Å². The average molecular weight is 401 g/mol. The number of carbonyl (C=O) groups is 1. The van der Waals surface area contributed by atoms with Crippen LogP contribution in [0.25, 0.3) is 0 Å². The summed E-state index contributed by atoms with van der Waals surface area (Å²) in [4.78, 5) is 11.8. The van der Waals surface area contributed by atoms with Gasteiger partial charge < -0.3 is 5.32 Å². The number of hydrogen-bond donors (Lipinski definition) is 3. The minimum atomic E-state index is -4.01. The molecular weight excluding hydrogens is 385 g/mol. The van der Waals surface area contributed by atoms with Crippen LogP contribution in [0.15, 0.2) is 58.3 Å². The Morgan fingerprint density at radius 2 is 1.46 bits per heavy atom. The second kappa shape index (κ2) is 7.50.